The Labute approximate surface area is 196 Å². The predicted molar refractivity (Wildman–Crippen MR) is 125 cm³/mol. The van der Waals surface area contributed by atoms with Crippen molar-refractivity contribution in [3.63, 3.8) is 0 Å². The molecule has 0 spiro atoms. The van der Waals surface area contributed by atoms with Crippen LogP contribution in [0.1, 0.15) is 41.5 Å². The highest BCUT2D eigenvalue weighted by molar-refractivity contribution is 5.85. The van der Waals surface area contributed by atoms with Gasteiger partial charge in [0, 0.05) is 26.2 Å². The number of carbonyl (C=O) groups is 3. The van der Waals surface area contributed by atoms with Gasteiger partial charge in [-0.05, 0) is 45.7 Å². The number of hydrogen-bond donors (Lipinski definition) is 1. The van der Waals surface area contributed by atoms with Gasteiger partial charge in [-0.1, -0.05) is 26.0 Å². The Morgan fingerprint density at radius 3 is 2.27 bits per heavy atom. The van der Waals surface area contributed by atoms with Gasteiger partial charge >= 0.3 is 12.1 Å². The standard InChI is InChI=1S/C24H37N3O6/c1-7-31-22(29)21(17(2)3)25-20(28)16-32-19-11-9-8-10-18(19)26-12-14-27(15-13-26)23(30)33-24(4,5)6/h8-11,17,21H,7,12-16H2,1-6H3,(H,25,28). The quantitative estimate of drug-likeness (QED) is 0.592. The van der Waals surface area contributed by atoms with Crippen LogP contribution in [0.3, 0.4) is 0 Å². The molecule has 0 aliphatic carbocycles. The van der Waals surface area contributed by atoms with Crippen molar-refractivity contribution in [2.75, 3.05) is 44.3 Å². The van der Waals surface area contributed by atoms with E-state index in [1.807, 2.05) is 52.8 Å². The van der Waals surface area contributed by atoms with Crippen LogP contribution in [0.5, 0.6) is 5.75 Å². The van der Waals surface area contributed by atoms with Crippen LogP contribution in [0, 0.1) is 5.92 Å². The van der Waals surface area contributed by atoms with Gasteiger partial charge in [-0.25, -0.2) is 9.59 Å². The molecule has 1 aliphatic heterocycles. The molecule has 1 heterocycles. The molecule has 1 aromatic carbocycles. The summed E-state index contributed by atoms with van der Waals surface area (Å²) in [5.41, 5.74) is 0.316. The molecular weight excluding hydrogens is 426 g/mol. The topological polar surface area (TPSA) is 97.4 Å². The van der Waals surface area contributed by atoms with Gasteiger partial charge in [-0.3, -0.25) is 4.79 Å². The van der Waals surface area contributed by atoms with Gasteiger partial charge in [0.2, 0.25) is 0 Å². The first-order chi connectivity index (χ1) is 15.5. The molecule has 0 aromatic heterocycles. The number of hydrogen-bond acceptors (Lipinski definition) is 7. The first-order valence-electron chi connectivity index (χ1n) is 11.4. The number of amides is 2. The average molecular weight is 464 g/mol. The highest BCUT2D eigenvalue weighted by Gasteiger charge is 2.28. The van der Waals surface area contributed by atoms with E-state index in [0.717, 1.165) is 5.69 Å². The number of para-hydroxylation sites is 2. The van der Waals surface area contributed by atoms with E-state index in [2.05, 4.69) is 10.2 Å². The lowest BCUT2D eigenvalue weighted by atomic mass is 10.0. The molecule has 1 unspecified atom stereocenters. The van der Waals surface area contributed by atoms with E-state index in [4.69, 9.17) is 14.2 Å². The lowest BCUT2D eigenvalue weighted by molar-refractivity contribution is -0.148. The zero-order valence-corrected chi connectivity index (χ0v) is 20.6. The molecule has 9 nitrogen and oxygen atoms in total. The van der Waals surface area contributed by atoms with E-state index >= 15 is 0 Å². The van der Waals surface area contributed by atoms with Crippen molar-refractivity contribution in [3.05, 3.63) is 24.3 Å². The number of anilines is 1. The molecule has 9 heteroatoms. The molecule has 1 aliphatic rings. The maximum Gasteiger partial charge on any atom is 0.410 e. The first kappa shape index (κ1) is 26.3. The van der Waals surface area contributed by atoms with Crippen molar-refractivity contribution in [3.8, 4) is 5.75 Å². The molecule has 1 N–H and O–H groups in total. The van der Waals surface area contributed by atoms with Crippen molar-refractivity contribution in [2.24, 2.45) is 5.92 Å². The van der Waals surface area contributed by atoms with Gasteiger partial charge in [-0.2, -0.15) is 0 Å². The van der Waals surface area contributed by atoms with Crippen molar-refractivity contribution in [2.45, 2.75) is 53.2 Å². The monoisotopic (exact) mass is 463 g/mol. The number of piperazine rings is 1. The fourth-order valence-corrected chi connectivity index (χ4v) is 3.39. The molecule has 1 aromatic rings. The lowest BCUT2D eigenvalue weighted by Crippen LogP contribution is -2.50. The fraction of sp³-hybridized carbons (Fsp3) is 0.625. The summed E-state index contributed by atoms with van der Waals surface area (Å²) < 4.78 is 16.3. The molecular formula is C24H37N3O6. The van der Waals surface area contributed by atoms with E-state index in [1.54, 1.807) is 17.9 Å². The Hall–Kier alpha value is -2.97. The van der Waals surface area contributed by atoms with Gasteiger partial charge < -0.3 is 29.3 Å². The van der Waals surface area contributed by atoms with Crippen molar-refractivity contribution >= 4 is 23.7 Å². The molecule has 33 heavy (non-hydrogen) atoms. The third-order valence-corrected chi connectivity index (χ3v) is 5.02. The summed E-state index contributed by atoms with van der Waals surface area (Å²) in [6, 6.07) is 6.73. The first-order valence-corrected chi connectivity index (χ1v) is 11.4. The molecule has 1 saturated heterocycles. The minimum atomic E-state index is -0.725. The van der Waals surface area contributed by atoms with Crippen LogP contribution in [0.2, 0.25) is 0 Å². The predicted octanol–water partition coefficient (Wildman–Crippen LogP) is 2.83. The van der Waals surface area contributed by atoms with Crippen molar-refractivity contribution in [1.29, 1.82) is 0 Å². The van der Waals surface area contributed by atoms with Gasteiger partial charge in [0.25, 0.3) is 5.91 Å². The highest BCUT2D eigenvalue weighted by Crippen LogP contribution is 2.29. The number of benzene rings is 1. The van der Waals surface area contributed by atoms with Crippen LogP contribution < -0.4 is 15.0 Å². The Kier molecular flexibility index (Phi) is 9.37. The largest absolute Gasteiger partial charge is 0.482 e. The fourth-order valence-electron chi connectivity index (χ4n) is 3.39. The van der Waals surface area contributed by atoms with Crippen molar-refractivity contribution in [1.82, 2.24) is 10.2 Å². The number of esters is 1. The van der Waals surface area contributed by atoms with Crippen LogP contribution in [0.25, 0.3) is 0 Å². The van der Waals surface area contributed by atoms with E-state index in [9.17, 15) is 14.4 Å². The van der Waals surface area contributed by atoms with Gasteiger partial charge in [0.15, 0.2) is 6.61 Å². The van der Waals surface area contributed by atoms with E-state index < -0.39 is 23.5 Å². The van der Waals surface area contributed by atoms with Crippen LogP contribution in [0.4, 0.5) is 10.5 Å². The zero-order chi connectivity index (χ0) is 24.6. The smallest absolute Gasteiger partial charge is 0.410 e. The maximum atomic E-state index is 12.4. The second-order valence-corrected chi connectivity index (χ2v) is 9.25. The number of ether oxygens (including phenoxy) is 3. The Morgan fingerprint density at radius 1 is 1.06 bits per heavy atom. The lowest BCUT2D eigenvalue weighted by Gasteiger charge is -2.37. The summed E-state index contributed by atoms with van der Waals surface area (Å²) in [6.07, 6.45) is -0.315. The Morgan fingerprint density at radius 2 is 1.70 bits per heavy atom. The second-order valence-electron chi connectivity index (χ2n) is 9.25. The van der Waals surface area contributed by atoms with Gasteiger partial charge in [-0.15, -0.1) is 0 Å². The normalized spacial score (nSPS) is 15.1. The number of nitrogens with zero attached hydrogens (tertiary/aromatic N) is 2. The van der Waals surface area contributed by atoms with Gasteiger partial charge in [0.05, 0.1) is 12.3 Å². The highest BCUT2D eigenvalue weighted by atomic mass is 16.6. The molecule has 0 radical (unpaired) electrons. The maximum absolute atomic E-state index is 12.4. The molecule has 0 bridgehead atoms. The number of carbonyl (C=O) groups excluding carboxylic acids is 3. The Balaban J connectivity index is 1.95. The summed E-state index contributed by atoms with van der Waals surface area (Å²) in [4.78, 5) is 40.6. The Bertz CT molecular complexity index is 813. The summed E-state index contributed by atoms with van der Waals surface area (Å²) >= 11 is 0. The number of rotatable bonds is 8. The third kappa shape index (κ3) is 8.14. The molecule has 184 valence electrons. The summed E-state index contributed by atoms with van der Waals surface area (Å²) in [7, 11) is 0. The van der Waals surface area contributed by atoms with Crippen LogP contribution in [-0.4, -0.2) is 73.9 Å². The van der Waals surface area contributed by atoms with E-state index in [-0.39, 0.29) is 25.2 Å². The van der Waals surface area contributed by atoms with Crippen LogP contribution in [-0.2, 0) is 19.1 Å². The minimum absolute atomic E-state index is 0.110. The summed E-state index contributed by atoms with van der Waals surface area (Å²) in [5.74, 6) is -0.396. The summed E-state index contributed by atoms with van der Waals surface area (Å²) in [5, 5.41) is 2.70. The molecule has 0 saturated carbocycles. The average Bonchev–Trinajstić information content (AvgIpc) is 2.75. The van der Waals surface area contributed by atoms with Crippen LogP contribution >= 0.6 is 0 Å². The van der Waals surface area contributed by atoms with E-state index in [0.29, 0.717) is 31.9 Å². The van der Waals surface area contributed by atoms with Crippen molar-refractivity contribution < 1.29 is 28.6 Å². The van der Waals surface area contributed by atoms with Crippen LogP contribution in [0.15, 0.2) is 24.3 Å². The molecule has 1 fully saturated rings. The molecule has 2 rings (SSSR count). The zero-order valence-electron chi connectivity index (χ0n) is 20.6. The van der Waals surface area contributed by atoms with Gasteiger partial charge in [0.1, 0.15) is 17.4 Å². The van der Waals surface area contributed by atoms with E-state index in [1.165, 1.54) is 0 Å². The third-order valence-electron chi connectivity index (χ3n) is 5.02. The summed E-state index contributed by atoms with van der Waals surface area (Å²) in [6.45, 7) is 13.3. The second kappa shape index (κ2) is 11.8. The SMILES string of the molecule is CCOC(=O)C(NC(=O)COc1ccccc1N1CCN(C(=O)OC(C)(C)C)CC1)C(C)C. The number of nitrogens with one attached hydrogen (secondary N) is 1. The minimum Gasteiger partial charge on any atom is -0.482 e. The molecule has 1 atom stereocenters. The molecule has 2 amide bonds.